The van der Waals surface area contributed by atoms with Crippen LogP contribution in [0.25, 0.3) is 5.65 Å². The van der Waals surface area contributed by atoms with Crippen molar-refractivity contribution in [3.05, 3.63) is 33.9 Å². The molecule has 0 bridgehead atoms. The molecule has 17 heavy (non-hydrogen) atoms. The largest absolute Gasteiger partial charge is 0.356 e. The van der Waals surface area contributed by atoms with Crippen LogP contribution in [0.4, 0.5) is 5.95 Å². The smallest absolute Gasteiger partial charge is 0.354 e. The number of fused-ring (bicyclic) bond motifs is 1. The minimum absolute atomic E-state index is 0.283. The summed E-state index contributed by atoms with van der Waals surface area (Å²) < 4.78 is 1.53. The second kappa shape index (κ2) is 4.53. The maximum atomic E-state index is 11.9. The summed E-state index contributed by atoms with van der Waals surface area (Å²) in [7, 11) is 0. The van der Waals surface area contributed by atoms with E-state index in [4.69, 9.17) is 0 Å². The fourth-order valence-corrected chi connectivity index (χ4v) is 1.66. The highest BCUT2D eigenvalue weighted by Crippen LogP contribution is 2.08. The number of hydrogen-bond donors (Lipinski definition) is 1. The molecule has 0 atom stereocenters. The lowest BCUT2D eigenvalue weighted by molar-refractivity contribution is 0.881. The SMILES string of the molecule is CCCNc1nc(=O)n2c(C)c(C)ccc2n1. The highest BCUT2D eigenvalue weighted by molar-refractivity contribution is 5.45. The molecule has 0 saturated carbocycles. The highest BCUT2D eigenvalue weighted by atomic mass is 16.1. The zero-order valence-corrected chi connectivity index (χ0v) is 10.3. The molecule has 0 saturated heterocycles. The van der Waals surface area contributed by atoms with E-state index in [0.29, 0.717) is 11.6 Å². The fourth-order valence-electron chi connectivity index (χ4n) is 1.66. The van der Waals surface area contributed by atoms with Gasteiger partial charge in [-0.1, -0.05) is 13.0 Å². The molecule has 2 aromatic rings. The van der Waals surface area contributed by atoms with Crippen molar-refractivity contribution in [3.63, 3.8) is 0 Å². The molecule has 2 heterocycles. The van der Waals surface area contributed by atoms with Crippen LogP contribution in [0.1, 0.15) is 24.6 Å². The molecule has 0 amide bonds. The molecule has 5 heteroatoms. The molecular weight excluding hydrogens is 216 g/mol. The lowest BCUT2D eigenvalue weighted by Gasteiger charge is -2.08. The van der Waals surface area contributed by atoms with Crippen molar-refractivity contribution < 1.29 is 0 Å². The first kappa shape index (κ1) is 11.6. The van der Waals surface area contributed by atoms with E-state index in [-0.39, 0.29) is 5.69 Å². The van der Waals surface area contributed by atoms with Crippen molar-refractivity contribution in [1.29, 1.82) is 0 Å². The second-order valence-electron chi connectivity index (χ2n) is 4.05. The topological polar surface area (TPSA) is 59.3 Å². The van der Waals surface area contributed by atoms with Gasteiger partial charge in [-0.25, -0.2) is 9.20 Å². The molecule has 0 aromatic carbocycles. The molecule has 2 rings (SSSR count). The Balaban J connectivity index is 2.60. The molecular formula is C12H16N4O. The Morgan fingerprint density at radius 1 is 1.29 bits per heavy atom. The summed E-state index contributed by atoms with van der Waals surface area (Å²) >= 11 is 0. The number of rotatable bonds is 3. The van der Waals surface area contributed by atoms with Crippen LogP contribution in [-0.2, 0) is 0 Å². The van der Waals surface area contributed by atoms with Crippen molar-refractivity contribution in [2.45, 2.75) is 27.2 Å². The standard InChI is InChI=1S/C12H16N4O/c1-4-7-13-11-14-10-6-5-8(2)9(3)16(10)12(17)15-11/h5-6H,4,7H2,1-3H3,(H,13,15,17). The Labute approximate surface area is 99.5 Å². The third kappa shape index (κ3) is 2.13. The van der Waals surface area contributed by atoms with Gasteiger partial charge in [-0.15, -0.1) is 0 Å². The fraction of sp³-hybridized carbons (Fsp3) is 0.417. The molecule has 0 aliphatic heterocycles. The van der Waals surface area contributed by atoms with Crippen LogP contribution < -0.4 is 11.0 Å². The zero-order valence-electron chi connectivity index (χ0n) is 10.3. The minimum Gasteiger partial charge on any atom is -0.354 e. The van der Waals surface area contributed by atoms with Gasteiger partial charge in [0.25, 0.3) is 0 Å². The van der Waals surface area contributed by atoms with Crippen LogP contribution in [0.2, 0.25) is 0 Å². The van der Waals surface area contributed by atoms with E-state index in [1.54, 1.807) is 0 Å². The van der Waals surface area contributed by atoms with E-state index >= 15 is 0 Å². The van der Waals surface area contributed by atoms with E-state index in [1.165, 1.54) is 4.40 Å². The van der Waals surface area contributed by atoms with Gasteiger partial charge in [0, 0.05) is 12.2 Å². The number of hydrogen-bond acceptors (Lipinski definition) is 4. The second-order valence-corrected chi connectivity index (χ2v) is 4.05. The number of anilines is 1. The molecule has 0 aliphatic rings. The minimum atomic E-state index is -0.283. The maximum Gasteiger partial charge on any atom is 0.356 e. The van der Waals surface area contributed by atoms with Crippen LogP contribution in [-0.4, -0.2) is 20.9 Å². The summed E-state index contributed by atoms with van der Waals surface area (Å²) in [5.41, 5.74) is 2.29. The Bertz CT molecular complexity index is 603. The monoisotopic (exact) mass is 232 g/mol. The molecule has 5 nitrogen and oxygen atoms in total. The van der Waals surface area contributed by atoms with Crippen LogP contribution in [0.5, 0.6) is 0 Å². The van der Waals surface area contributed by atoms with E-state index < -0.39 is 0 Å². The first-order valence-electron chi connectivity index (χ1n) is 5.74. The Kier molecular flexibility index (Phi) is 3.08. The van der Waals surface area contributed by atoms with Crippen LogP contribution in [0.15, 0.2) is 16.9 Å². The van der Waals surface area contributed by atoms with E-state index in [9.17, 15) is 4.79 Å². The number of aromatic nitrogens is 3. The van der Waals surface area contributed by atoms with Gasteiger partial charge >= 0.3 is 5.69 Å². The number of pyridine rings is 1. The first-order valence-corrected chi connectivity index (χ1v) is 5.74. The third-order valence-electron chi connectivity index (χ3n) is 2.76. The normalized spacial score (nSPS) is 10.8. The summed E-state index contributed by atoms with van der Waals surface area (Å²) in [5.74, 6) is 0.403. The summed E-state index contributed by atoms with van der Waals surface area (Å²) in [6.45, 7) is 6.67. The average molecular weight is 232 g/mol. The lowest BCUT2D eigenvalue weighted by Crippen LogP contribution is -2.23. The summed E-state index contributed by atoms with van der Waals surface area (Å²) in [5, 5.41) is 3.03. The lowest BCUT2D eigenvalue weighted by atomic mass is 10.2. The molecule has 2 aromatic heterocycles. The summed E-state index contributed by atoms with van der Waals surface area (Å²) in [4.78, 5) is 20.1. The van der Waals surface area contributed by atoms with Crippen LogP contribution >= 0.6 is 0 Å². The van der Waals surface area contributed by atoms with Gasteiger partial charge in [0.2, 0.25) is 5.95 Å². The number of aryl methyl sites for hydroxylation is 2. The zero-order chi connectivity index (χ0) is 12.4. The molecule has 90 valence electrons. The van der Waals surface area contributed by atoms with Gasteiger partial charge in [-0.2, -0.15) is 9.97 Å². The maximum absolute atomic E-state index is 11.9. The van der Waals surface area contributed by atoms with Gasteiger partial charge < -0.3 is 5.32 Å². The van der Waals surface area contributed by atoms with Gasteiger partial charge in [-0.05, 0) is 31.9 Å². The van der Waals surface area contributed by atoms with Gasteiger partial charge in [0.1, 0.15) is 5.65 Å². The summed E-state index contributed by atoms with van der Waals surface area (Å²) in [6, 6.07) is 3.79. The molecule has 0 unspecified atom stereocenters. The Morgan fingerprint density at radius 3 is 2.76 bits per heavy atom. The molecule has 0 radical (unpaired) electrons. The van der Waals surface area contributed by atoms with Gasteiger partial charge in [-0.3, -0.25) is 0 Å². The molecule has 0 spiro atoms. The molecule has 0 aliphatic carbocycles. The van der Waals surface area contributed by atoms with E-state index in [2.05, 4.69) is 22.2 Å². The third-order valence-corrected chi connectivity index (χ3v) is 2.76. The Hall–Kier alpha value is -1.91. The van der Waals surface area contributed by atoms with E-state index in [1.807, 2.05) is 26.0 Å². The quantitative estimate of drug-likeness (QED) is 0.871. The van der Waals surface area contributed by atoms with Crippen LogP contribution in [0.3, 0.4) is 0 Å². The molecule has 0 fully saturated rings. The van der Waals surface area contributed by atoms with Crippen LogP contribution in [0, 0.1) is 13.8 Å². The van der Waals surface area contributed by atoms with Crippen molar-refractivity contribution in [3.8, 4) is 0 Å². The Morgan fingerprint density at radius 2 is 2.06 bits per heavy atom. The first-order chi connectivity index (χ1) is 8.13. The number of nitrogens with one attached hydrogen (secondary N) is 1. The average Bonchev–Trinajstić information content (AvgIpc) is 2.31. The van der Waals surface area contributed by atoms with Crippen molar-refractivity contribution in [2.75, 3.05) is 11.9 Å². The summed E-state index contributed by atoms with van der Waals surface area (Å²) in [6.07, 6.45) is 0.968. The predicted molar refractivity (Wildman–Crippen MR) is 67.5 cm³/mol. The van der Waals surface area contributed by atoms with Gasteiger partial charge in [0.15, 0.2) is 0 Å². The van der Waals surface area contributed by atoms with Crippen molar-refractivity contribution >= 4 is 11.6 Å². The van der Waals surface area contributed by atoms with Gasteiger partial charge in [0.05, 0.1) is 0 Å². The highest BCUT2D eigenvalue weighted by Gasteiger charge is 2.06. The number of nitrogens with zero attached hydrogens (tertiary/aromatic N) is 3. The molecule has 1 N–H and O–H groups in total. The van der Waals surface area contributed by atoms with E-state index in [0.717, 1.165) is 24.2 Å². The van der Waals surface area contributed by atoms with Crippen molar-refractivity contribution in [2.24, 2.45) is 0 Å². The van der Waals surface area contributed by atoms with Crippen molar-refractivity contribution in [1.82, 2.24) is 14.4 Å². The predicted octanol–water partition coefficient (Wildman–Crippen LogP) is 1.53.